The van der Waals surface area contributed by atoms with Crippen molar-refractivity contribution in [2.75, 3.05) is 0 Å². The molecule has 1 heteroatoms. The van der Waals surface area contributed by atoms with Crippen LogP contribution in [0.4, 0.5) is 0 Å². The summed E-state index contributed by atoms with van der Waals surface area (Å²) in [6, 6.07) is 10.3. The summed E-state index contributed by atoms with van der Waals surface area (Å²) < 4.78 is 5.67. The van der Waals surface area contributed by atoms with Gasteiger partial charge in [-0.3, -0.25) is 0 Å². The molecule has 0 bridgehead atoms. The fourth-order valence-electron chi connectivity index (χ4n) is 1.30. The lowest BCUT2D eigenvalue weighted by atomic mass is 10.2. The van der Waals surface area contributed by atoms with Gasteiger partial charge in [0.25, 0.3) is 0 Å². The molecule has 1 atom stereocenters. The lowest BCUT2D eigenvalue weighted by molar-refractivity contribution is 0.0472. The molecular formula is C12H18O. The number of hydrogen-bond donors (Lipinski definition) is 0. The highest BCUT2D eigenvalue weighted by Crippen LogP contribution is 2.06. The zero-order chi connectivity index (χ0) is 9.52. The first-order chi connectivity index (χ1) is 6.33. The van der Waals surface area contributed by atoms with E-state index in [0.717, 1.165) is 13.0 Å². The van der Waals surface area contributed by atoms with Gasteiger partial charge < -0.3 is 4.74 Å². The maximum Gasteiger partial charge on any atom is 0.0720 e. The highest BCUT2D eigenvalue weighted by atomic mass is 16.5. The average Bonchev–Trinajstić information content (AvgIpc) is 2.17. The molecule has 13 heavy (non-hydrogen) atoms. The summed E-state index contributed by atoms with van der Waals surface area (Å²) in [4.78, 5) is 0. The zero-order valence-corrected chi connectivity index (χ0v) is 8.49. The molecule has 1 aromatic rings. The molecule has 0 aliphatic rings. The van der Waals surface area contributed by atoms with Gasteiger partial charge in [0, 0.05) is 0 Å². The van der Waals surface area contributed by atoms with Crippen molar-refractivity contribution in [3.63, 3.8) is 0 Å². The molecule has 72 valence electrons. The number of hydrogen-bond acceptors (Lipinski definition) is 1. The minimum Gasteiger partial charge on any atom is -0.374 e. The van der Waals surface area contributed by atoms with Gasteiger partial charge in [0.2, 0.25) is 0 Å². The molecule has 0 amide bonds. The molecule has 0 saturated carbocycles. The fourth-order valence-corrected chi connectivity index (χ4v) is 1.30. The highest BCUT2D eigenvalue weighted by Gasteiger charge is 1.99. The number of ether oxygens (including phenoxy) is 1. The maximum atomic E-state index is 5.67. The first kappa shape index (κ1) is 10.3. The minimum absolute atomic E-state index is 0.380. The molecular weight excluding hydrogens is 160 g/mol. The van der Waals surface area contributed by atoms with Crippen molar-refractivity contribution in [1.29, 1.82) is 0 Å². The second-order valence-corrected chi connectivity index (χ2v) is 3.40. The van der Waals surface area contributed by atoms with Crippen molar-refractivity contribution in [1.82, 2.24) is 0 Å². The maximum absolute atomic E-state index is 5.67. The van der Waals surface area contributed by atoms with Crippen molar-refractivity contribution >= 4 is 0 Å². The Morgan fingerprint density at radius 3 is 2.54 bits per heavy atom. The van der Waals surface area contributed by atoms with Crippen LogP contribution < -0.4 is 0 Å². The molecule has 0 heterocycles. The van der Waals surface area contributed by atoms with E-state index in [1.54, 1.807) is 0 Å². The lowest BCUT2D eigenvalue weighted by Crippen LogP contribution is -2.07. The van der Waals surface area contributed by atoms with Gasteiger partial charge in [-0.15, -0.1) is 0 Å². The quantitative estimate of drug-likeness (QED) is 0.671. The second kappa shape index (κ2) is 5.76. The Labute approximate surface area is 80.7 Å². The van der Waals surface area contributed by atoms with E-state index in [9.17, 15) is 0 Å². The number of benzene rings is 1. The Hall–Kier alpha value is -0.820. The van der Waals surface area contributed by atoms with E-state index < -0.39 is 0 Å². The van der Waals surface area contributed by atoms with E-state index in [1.165, 1.54) is 12.0 Å². The van der Waals surface area contributed by atoms with Crippen LogP contribution in [0.1, 0.15) is 32.3 Å². The molecule has 0 saturated heterocycles. The lowest BCUT2D eigenvalue weighted by Gasteiger charge is -2.11. The van der Waals surface area contributed by atoms with E-state index in [4.69, 9.17) is 4.74 Å². The monoisotopic (exact) mass is 178 g/mol. The normalized spacial score (nSPS) is 12.8. The topological polar surface area (TPSA) is 9.23 Å². The van der Waals surface area contributed by atoms with Crippen molar-refractivity contribution in [3.8, 4) is 0 Å². The van der Waals surface area contributed by atoms with Crippen molar-refractivity contribution in [2.24, 2.45) is 0 Å². The molecule has 0 fully saturated rings. The molecule has 0 aromatic heterocycles. The summed E-state index contributed by atoms with van der Waals surface area (Å²) in [6.45, 7) is 5.05. The molecule has 0 radical (unpaired) electrons. The van der Waals surface area contributed by atoms with Crippen molar-refractivity contribution in [3.05, 3.63) is 35.9 Å². The van der Waals surface area contributed by atoms with Gasteiger partial charge in [0.05, 0.1) is 12.7 Å². The molecule has 1 nitrogen and oxygen atoms in total. The van der Waals surface area contributed by atoms with Gasteiger partial charge >= 0.3 is 0 Å². The summed E-state index contributed by atoms with van der Waals surface area (Å²) in [5.41, 5.74) is 1.26. The Balaban J connectivity index is 2.27. The highest BCUT2D eigenvalue weighted by molar-refractivity contribution is 5.13. The number of rotatable bonds is 5. The molecule has 0 aliphatic carbocycles. The van der Waals surface area contributed by atoms with E-state index in [1.807, 2.05) is 18.2 Å². The molecule has 1 aromatic carbocycles. The van der Waals surface area contributed by atoms with E-state index in [0.29, 0.717) is 6.10 Å². The Kier molecular flexibility index (Phi) is 4.55. The van der Waals surface area contributed by atoms with E-state index in [2.05, 4.69) is 26.0 Å². The summed E-state index contributed by atoms with van der Waals surface area (Å²) in [5, 5.41) is 0. The third-order valence-corrected chi connectivity index (χ3v) is 2.07. The molecule has 1 rings (SSSR count). The van der Waals surface area contributed by atoms with Crippen LogP contribution in [0.25, 0.3) is 0 Å². The van der Waals surface area contributed by atoms with Crippen LogP contribution in [0, 0.1) is 0 Å². The van der Waals surface area contributed by atoms with Gasteiger partial charge in [-0.05, 0) is 18.9 Å². The molecule has 0 spiro atoms. The van der Waals surface area contributed by atoms with Gasteiger partial charge in [-0.1, -0.05) is 43.7 Å². The Morgan fingerprint density at radius 2 is 1.92 bits per heavy atom. The molecule has 0 unspecified atom stereocenters. The van der Waals surface area contributed by atoms with Gasteiger partial charge in [0.1, 0.15) is 0 Å². The largest absolute Gasteiger partial charge is 0.374 e. The third-order valence-electron chi connectivity index (χ3n) is 2.07. The minimum atomic E-state index is 0.380. The van der Waals surface area contributed by atoms with Crippen LogP contribution in [0.5, 0.6) is 0 Å². The summed E-state index contributed by atoms with van der Waals surface area (Å²) in [6.07, 6.45) is 2.72. The fraction of sp³-hybridized carbons (Fsp3) is 0.500. The summed E-state index contributed by atoms with van der Waals surface area (Å²) in [5.74, 6) is 0. The Bertz CT molecular complexity index is 218. The summed E-state index contributed by atoms with van der Waals surface area (Å²) in [7, 11) is 0. The Morgan fingerprint density at radius 1 is 1.23 bits per heavy atom. The van der Waals surface area contributed by atoms with Crippen molar-refractivity contribution < 1.29 is 4.74 Å². The van der Waals surface area contributed by atoms with Crippen LogP contribution in [0.2, 0.25) is 0 Å². The van der Waals surface area contributed by atoms with Gasteiger partial charge in [0.15, 0.2) is 0 Å². The standard InChI is InChI=1S/C12H18O/c1-3-7-11(2)13-10-12-8-5-4-6-9-12/h4-6,8-9,11H,3,7,10H2,1-2H3/t11-/m0/s1. The van der Waals surface area contributed by atoms with Crippen molar-refractivity contribution in [2.45, 2.75) is 39.4 Å². The first-order valence-corrected chi connectivity index (χ1v) is 4.98. The van der Waals surface area contributed by atoms with Gasteiger partial charge in [-0.2, -0.15) is 0 Å². The smallest absolute Gasteiger partial charge is 0.0720 e. The van der Waals surface area contributed by atoms with Crippen LogP contribution in [-0.4, -0.2) is 6.10 Å². The average molecular weight is 178 g/mol. The zero-order valence-electron chi connectivity index (χ0n) is 8.49. The third kappa shape index (κ3) is 4.09. The first-order valence-electron chi connectivity index (χ1n) is 4.98. The van der Waals surface area contributed by atoms with Gasteiger partial charge in [-0.25, -0.2) is 0 Å². The SMILES string of the molecule is CCC[C@H](C)OCc1ccccc1. The van der Waals surface area contributed by atoms with Crippen LogP contribution in [-0.2, 0) is 11.3 Å². The van der Waals surface area contributed by atoms with E-state index >= 15 is 0 Å². The predicted octanol–water partition coefficient (Wildman–Crippen LogP) is 3.39. The predicted molar refractivity (Wildman–Crippen MR) is 55.6 cm³/mol. The van der Waals surface area contributed by atoms with E-state index in [-0.39, 0.29) is 0 Å². The molecule has 0 N–H and O–H groups in total. The van der Waals surface area contributed by atoms with Crippen LogP contribution in [0.15, 0.2) is 30.3 Å². The van der Waals surface area contributed by atoms with Crippen LogP contribution in [0.3, 0.4) is 0 Å². The molecule has 0 aliphatic heterocycles. The van der Waals surface area contributed by atoms with Crippen LogP contribution >= 0.6 is 0 Å². The second-order valence-electron chi connectivity index (χ2n) is 3.40. The summed E-state index contributed by atoms with van der Waals surface area (Å²) >= 11 is 0.